The van der Waals surface area contributed by atoms with E-state index >= 15 is 0 Å². The van der Waals surface area contributed by atoms with Crippen LogP contribution in [-0.2, 0) is 14.1 Å². The summed E-state index contributed by atoms with van der Waals surface area (Å²) in [5.74, 6) is -1.44. The Balaban J connectivity index is 2.46. The molecular weight excluding hydrogens is 350 g/mol. The molecule has 3 N–H and O–H groups in total. The van der Waals surface area contributed by atoms with Gasteiger partial charge in [0, 0.05) is 20.0 Å². The Labute approximate surface area is 154 Å². The van der Waals surface area contributed by atoms with Crippen molar-refractivity contribution < 1.29 is 9.52 Å². The van der Waals surface area contributed by atoms with E-state index in [4.69, 9.17) is 10.2 Å². The van der Waals surface area contributed by atoms with Gasteiger partial charge in [0.15, 0.2) is 0 Å². The number of aromatic nitrogens is 2. The molecule has 2 aromatic heterocycles. The zero-order valence-corrected chi connectivity index (χ0v) is 15.5. The third-order valence-corrected chi connectivity index (χ3v) is 4.85. The molecule has 1 aromatic carbocycles. The zero-order valence-electron chi connectivity index (χ0n) is 15.5. The van der Waals surface area contributed by atoms with Crippen LogP contribution in [0.3, 0.4) is 0 Å². The predicted octanol–water partition coefficient (Wildman–Crippen LogP) is 1.27. The average molecular weight is 371 g/mol. The molecule has 0 amide bonds. The van der Waals surface area contributed by atoms with E-state index in [0.717, 1.165) is 9.13 Å². The molecule has 0 aliphatic carbocycles. The van der Waals surface area contributed by atoms with E-state index < -0.39 is 22.8 Å². The lowest BCUT2D eigenvalue weighted by Crippen LogP contribution is -2.42. The van der Waals surface area contributed by atoms with Gasteiger partial charge >= 0.3 is 11.3 Å². The Bertz CT molecular complexity index is 1220. The minimum atomic E-state index is -0.851. The van der Waals surface area contributed by atoms with Crippen molar-refractivity contribution in [3.63, 3.8) is 0 Å². The van der Waals surface area contributed by atoms with E-state index in [0.29, 0.717) is 5.39 Å². The van der Waals surface area contributed by atoms with Gasteiger partial charge in [-0.25, -0.2) is 9.59 Å². The summed E-state index contributed by atoms with van der Waals surface area (Å²) in [6, 6.07) is 6.59. The molecule has 3 rings (SSSR count). The highest BCUT2D eigenvalue weighted by atomic mass is 16.4. The number of benzene rings is 1. The van der Waals surface area contributed by atoms with Crippen molar-refractivity contribution in [2.45, 2.75) is 19.8 Å². The van der Waals surface area contributed by atoms with Crippen molar-refractivity contribution in [2.75, 3.05) is 5.73 Å². The second-order valence-corrected chi connectivity index (χ2v) is 6.87. The molecule has 8 nitrogen and oxygen atoms in total. The maximum Gasteiger partial charge on any atom is 0.343 e. The molecule has 2 heterocycles. The number of para-hydroxylation sites is 1. The molecule has 1 unspecified atom stereocenters. The molecule has 8 heteroatoms. The number of fused-ring (bicyclic) bond motifs is 1. The lowest BCUT2D eigenvalue weighted by atomic mass is 9.83. The summed E-state index contributed by atoms with van der Waals surface area (Å²) in [5.41, 5.74) is 4.42. The first kappa shape index (κ1) is 18.5. The average Bonchev–Trinajstić information content (AvgIpc) is 2.63. The Hall–Kier alpha value is -3.29. The van der Waals surface area contributed by atoms with Crippen LogP contribution in [-0.4, -0.2) is 14.2 Å². The summed E-state index contributed by atoms with van der Waals surface area (Å²) in [6.45, 7) is 3.59. The summed E-state index contributed by atoms with van der Waals surface area (Å²) in [7, 11) is 2.79. The van der Waals surface area contributed by atoms with Crippen LogP contribution in [0.4, 0.5) is 5.82 Å². The second kappa shape index (κ2) is 6.46. The van der Waals surface area contributed by atoms with Crippen LogP contribution in [0.25, 0.3) is 11.0 Å². The minimum absolute atomic E-state index is 0.0474. The van der Waals surface area contributed by atoms with Gasteiger partial charge in [0.25, 0.3) is 5.56 Å². The van der Waals surface area contributed by atoms with Gasteiger partial charge in [-0.15, -0.1) is 0 Å². The number of nitrogen functional groups attached to an aromatic ring is 1. The van der Waals surface area contributed by atoms with Crippen LogP contribution >= 0.6 is 0 Å². The van der Waals surface area contributed by atoms with Crippen molar-refractivity contribution in [1.29, 1.82) is 0 Å². The van der Waals surface area contributed by atoms with Gasteiger partial charge in [-0.2, -0.15) is 0 Å². The zero-order chi connectivity index (χ0) is 20.0. The molecule has 0 saturated carbocycles. The molecule has 1 atom stereocenters. The van der Waals surface area contributed by atoms with E-state index in [2.05, 4.69) is 0 Å². The topological polar surface area (TPSA) is 120 Å². The van der Waals surface area contributed by atoms with Crippen LogP contribution in [0.15, 0.2) is 43.1 Å². The number of nitrogens with two attached hydrogens (primary N) is 1. The predicted molar refractivity (Wildman–Crippen MR) is 102 cm³/mol. The Kier molecular flexibility index (Phi) is 4.43. The maximum absolute atomic E-state index is 12.8. The highest BCUT2D eigenvalue weighted by molar-refractivity contribution is 5.84. The van der Waals surface area contributed by atoms with Crippen molar-refractivity contribution in [3.8, 4) is 5.75 Å². The molecule has 142 valence electrons. The van der Waals surface area contributed by atoms with Crippen LogP contribution < -0.4 is 22.6 Å². The molecule has 0 aliphatic rings. The van der Waals surface area contributed by atoms with Crippen LogP contribution in [0.2, 0.25) is 0 Å². The van der Waals surface area contributed by atoms with Crippen molar-refractivity contribution in [2.24, 2.45) is 20.0 Å². The van der Waals surface area contributed by atoms with Gasteiger partial charge in [0.1, 0.15) is 17.2 Å². The van der Waals surface area contributed by atoms with Gasteiger partial charge in [-0.05, 0) is 18.1 Å². The Morgan fingerprint density at radius 1 is 1.04 bits per heavy atom. The number of aromatic hydroxyl groups is 1. The first-order chi connectivity index (χ1) is 12.7. The number of hydrogen-bond donors (Lipinski definition) is 2. The number of nitrogens with zero attached hydrogens (tertiary/aromatic N) is 2. The molecule has 0 saturated heterocycles. The van der Waals surface area contributed by atoms with Crippen molar-refractivity contribution in [3.05, 3.63) is 66.7 Å². The third-order valence-electron chi connectivity index (χ3n) is 4.85. The SMILES string of the molecule is CC(C)C(c1c(O)c2ccccc2oc1=O)c1c(N)n(C)c(=O)n(C)c1=O. The quantitative estimate of drug-likeness (QED) is 0.669. The van der Waals surface area contributed by atoms with E-state index in [9.17, 15) is 19.5 Å². The first-order valence-corrected chi connectivity index (χ1v) is 8.46. The second-order valence-electron chi connectivity index (χ2n) is 6.87. The first-order valence-electron chi connectivity index (χ1n) is 8.46. The largest absolute Gasteiger partial charge is 0.507 e. The summed E-state index contributed by atoms with van der Waals surface area (Å²) in [6.07, 6.45) is 0. The van der Waals surface area contributed by atoms with Gasteiger partial charge in [0.2, 0.25) is 0 Å². The maximum atomic E-state index is 12.8. The van der Waals surface area contributed by atoms with Crippen molar-refractivity contribution in [1.82, 2.24) is 9.13 Å². The summed E-state index contributed by atoms with van der Waals surface area (Å²) >= 11 is 0. The summed E-state index contributed by atoms with van der Waals surface area (Å²) in [5, 5.41) is 11.2. The lowest BCUT2D eigenvalue weighted by Gasteiger charge is -2.24. The van der Waals surface area contributed by atoms with E-state index in [1.54, 1.807) is 38.1 Å². The van der Waals surface area contributed by atoms with E-state index in [1.807, 2.05) is 0 Å². The molecule has 0 bridgehead atoms. The highest BCUT2D eigenvalue weighted by Crippen LogP contribution is 2.38. The monoisotopic (exact) mass is 371 g/mol. The Morgan fingerprint density at radius 3 is 2.30 bits per heavy atom. The Morgan fingerprint density at radius 2 is 1.67 bits per heavy atom. The number of rotatable bonds is 3. The highest BCUT2D eigenvalue weighted by Gasteiger charge is 2.32. The van der Waals surface area contributed by atoms with E-state index in [1.165, 1.54) is 14.1 Å². The molecule has 3 aromatic rings. The third kappa shape index (κ3) is 2.73. The molecule has 27 heavy (non-hydrogen) atoms. The normalized spacial score (nSPS) is 12.6. The molecule has 0 radical (unpaired) electrons. The summed E-state index contributed by atoms with van der Waals surface area (Å²) < 4.78 is 7.43. The van der Waals surface area contributed by atoms with Crippen LogP contribution in [0.5, 0.6) is 5.75 Å². The summed E-state index contributed by atoms with van der Waals surface area (Å²) in [4.78, 5) is 37.6. The van der Waals surface area contributed by atoms with E-state index in [-0.39, 0.29) is 34.2 Å². The van der Waals surface area contributed by atoms with Gasteiger partial charge in [0.05, 0.1) is 16.5 Å². The number of anilines is 1. The standard InChI is InChI=1S/C19H21N3O5/c1-9(2)12(14-16(20)21(3)19(26)22(4)17(14)24)13-15(23)10-7-5-6-8-11(10)27-18(13)25/h5-9,12,23H,20H2,1-4H3. The fraction of sp³-hybridized carbons (Fsp3) is 0.316. The molecule has 0 fully saturated rings. The van der Waals surface area contributed by atoms with Crippen LogP contribution in [0, 0.1) is 5.92 Å². The fourth-order valence-corrected chi connectivity index (χ4v) is 3.41. The lowest BCUT2D eigenvalue weighted by molar-refractivity contribution is 0.432. The molecule has 0 spiro atoms. The van der Waals surface area contributed by atoms with Gasteiger partial charge in [-0.1, -0.05) is 26.0 Å². The molecule has 0 aliphatic heterocycles. The van der Waals surface area contributed by atoms with Crippen molar-refractivity contribution >= 4 is 16.8 Å². The minimum Gasteiger partial charge on any atom is -0.507 e. The fourth-order valence-electron chi connectivity index (χ4n) is 3.41. The van der Waals surface area contributed by atoms with Gasteiger partial charge < -0.3 is 15.3 Å². The van der Waals surface area contributed by atoms with Crippen LogP contribution in [0.1, 0.15) is 30.9 Å². The van der Waals surface area contributed by atoms with Gasteiger partial charge in [-0.3, -0.25) is 13.9 Å². The molecular formula is C19H21N3O5. The number of hydrogen-bond acceptors (Lipinski definition) is 6. The smallest absolute Gasteiger partial charge is 0.343 e.